The van der Waals surface area contributed by atoms with E-state index in [-0.39, 0.29) is 17.3 Å². The zero-order valence-electron chi connectivity index (χ0n) is 16.3. The molecule has 1 amide bonds. The van der Waals surface area contributed by atoms with Crippen LogP contribution in [0.15, 0.2) is 84.3 Å². The van der Waals surface area contributed by atoms with Gasteiger partial charge in [0.2, 0.25) is 0 Å². The van der Waals surface area contributed by atoms with E-state index in [0.29, 0.717) is 33.8 Å². The van der Waals surface area contributed by atoms with Gasteiger partial charge in [-0.2, -0.15) is 0 Å². The molecule has 0 fully saturated rings. The lowest BCUT2D eigenvalue weighted by Crippen LogP contribution is -2.34. The first-order valence-corrected chi connectivity index (χ1v) is 10.7. The van der Waals surface area contributed by atoms with E-state index < -0.39 is 10.0 Å². The lowest BCUT2D eigenvalue weighted by molar-refractivity contribution is 0.102. The predicted molar refractivity (Wildman–Crippen MR) is 118 cm³/mol. The highest BCUT2D eigenvalue weighted by Crippen LogP contribution is 2.43. The summed E-state index contributed by atoms with van der Waals surface area (Å²) in [4.78, 5) is 13.1. The lowest BCUT2D eigenvalue weighted by atomic mass is 10.00. The molecular formula is C23H20N2O4S. The zero-order chi connectivity index (χ0) is 21.3. The molecule has 7 heteroatoms. The van der Waals surface area contributed by atoms with Gasteiger partial charge in [0, 0.05) is 16.7 Å². The van der Waals surface area contributed by atoms with Crippen LogP contribution in [0.4, 0.5) is 11.4 Å². The molecule has 1 aliphatic heterocycles. The molecule has 0 spiro atoms. The Bertz CT molecular complexity index is 1250. The average molecular weight is 420 g/mol. The van der Waals surface area contributed by atoms with E-state index in [1.807, 2.05) is 6.07 Å². The first-order chi connectivity index (χ1) is 14.5. The highest BCUT2D eigenvalue weighted by Gasteiger charge is 2.34. The number of benzene rings is 3. The van der Waals surface area contributed by atoms with Gasteiger partial charge in [-0.05, 0) is 36.4 Å². The fourth-order valence-electron chi connectivity index (χ4n) is 3.53. The summed E-state index contributed by atoms with van der Waals surface area (Å²) in [6, 6.07) is 18.9. The van der Waals surface area contributed by atoms with Crippen molar-refractivity contribution >= 4 is 27.3 Å². The summed E-state index contributed by atoms with van der Waals surface area (Å²) in [5, 5.41) is 2.85. The number of hydrogen-bond donors (Lipinski definition) is 1. The molecule has 0 bridgehead atoms. The number of sulfonamides is 1. The van der Waals surface area contributed by atoms with Gasteiger partial charge in [-0.3, -0.25) is 9.10 Å². The van der Waals surface area contributed by atoms with Gasteiger partial charge in [0.05, 0.1) is 29.9 Å². The van der Waals surface area contributed by atoms with Gasteiger partial charge < -0.3 is 10.1 Å². The van der Waals surface area contributed by atoms with Crippen molar-refractivity contribution in [3.63, 3.8) is 0 Å². The number of anilines is 2. The Kier molecular flexibility index (Phi) is 5.05. The largest absolute Gasteiger partial charge is 0.495 e. The van der Waals surface area contributed by atoms with Crippen molar-refractivity contribution in [2.45, 2.75) is 4.90 Å². The van der Waals surface area contributed by atoms with Crippen LogP contribution in [0.3, 0.4) is 0 Å². The summed E-state index contributed by atoms with van der Waals surface area (Å²) < 4.78 is 32.7. The van der Waals surface area contributed by atoms with Gasteiger partial charge in [0.15, 0.2) is 0 Å². The number of nitrogens with zero attached hydrogens (tertiary/aromatic N) is 1. The number of methoxy groups -OCH3 is 1. The van der Waals surface area contributed by atoms with Crippen LogP contribution in [-0.4, -0.2) is 28.0 Å². The number of hydrogen-bond acceptors (Lipinski definition) is 4. The normalized spacial score (nSPS) is 13.7. The van der Waals surface area contributed by atoms with Gasteiger partial charge >= 0.3 is 0 Å². The maximum atomic E-state index is 13.1. The van der Waals surface area contributed by atoms with Crippen molar-refractivity contribution in [3.8, 4) is 16.9 Å². The molecule has 0 radical (unpaired) electrons. The second-order valence-electron chi connectivity index (χ2n) is 6.71. The second-order valence-corrected chi connectivity index (χ2v) is 8.54. The molecule has 0 aromatic heterocycles. The molecule has 4 rings (SSSR count). The molecule has 0 unspecified atom stereocenters. The summed E-state index contributed by atoms with van der Waals surface area (Å²) >= 11 is 0. The van der Waals surface area contributed by atoms with Gasteiger partial charge in [0.25, 0.3) is 15.9 Å². The fourth-order valence-corrected chi connectivity index (χ4v) is 5.19. The molecule has 0 saturated carbocycles. The third-order valence-corrected chi connectivity index (χ3v) is 6.76. The van der Waals surface area contributed by atoms with E-state index in [0.717, 1.165) is 0 Å². The molecule has 1 aliphatic rings. The number of carbonyl (C=O) groups excluding carboxylic acids is 1. The highest BCUT2D eigenvalue weighted by molar-refractivity contribution is 7.93. The summed E-state index contributed by atoms with van der Waals surface area (Å²) in [5.41, 5.74) is 2.73. The Hall–Kier alpha value is -3.58. The zero-order valence-corrected chi connectivity index (χ0v) is 17.1. The minimum Gasteiger partial charge on any atom is -0.495 e. The summed E-state index contributed by atoms with van der Waals surface area (Å²) in [6.45, 7) is 3.81. The van der Waals surface area contributed by atoms with Crippen molar-refractivity contribution in [3.05, 3.63) is 84.9 Å². The molecule has 152 valence electrons. The fraction of sp³-hybridized carbons (Fsp3) is 0.0870. The molecule has 1 heterocycles. The van der Waals surface area contributed by atoms with Crippen molar-refractivity contribution in [2.75, 3.05) is 23.3 Å². The lowest BCUT2D eigenvalue weighted by Gasteiger charge is -2.31. The third-order valence-electron chi connectivity index (χ3n) is 4.92. The third kappa shape index (κ3) is 3.23. The molecule has 0 atom stereocenters. The molecule has 3 aromatic rings. The van der Waals surface area contributed by atoms with E-state index in [1.165, 1.54) is 17.5 Å². The van der Waals surface area contributed by atoms with Gasteiger partial charge in [0.1, 0.15) is 5.75 Å². The van der Waals surface area contributed by atoms with E-state index in [4.69, 9.17) is 4.74 Å². The maximum Gasteiger partial charge on any atom is 0.265 e. The highest BCUT2D eigenvalue weighted by atomic mass is 32.2. The van der Waals surface area contributed by atoms with Gasteiger partial charge in [-0.1, -0.05) is 36.4 Å². The summed E-state index contributed by atoms with van der Waals surface area (Å²) in [7, 11) is -2.17. The minimum absolute atomic E-state index is 0.135. The second kappa shape index (κ2) is 7.68. The first kappa shape index (κ1) is 19.7. The smallest absolute Gasteiger partial charge is 0.265 e. The number of rotatable bonds is 5. The van der Waals surface area contributed by atoms with Crippen molar-refractivity contribution in [2.24, 2.45) is 0 Å². The summed E-state index contributed by atoms with van der Waals surface area (Å²) in [6.07, 6.45) is 1.54. The Morgan fingerprint density at radius 3 is 2.57 bits per heavy atom. The molecule has 6 nitrogen and oxygen atoms in total. The first-order valence-electron chi connectivity index (χ1n) is 9.29. The molecule has 0 saturated heterocycles. The minimum atomic E-state index is -3.70. The van der Waals surface area contributed by atoms with Crippen molar-refractivity contribution < 1.29 is 17.9 Å². The number of ether oxygens (including phenoxy) is 1. The van der Waals surface area contributed by atoms with Crippen LogP contribution in [0, 0.1) is 0 Å². The van der Waals surface area contributed by atoms with Crippen molar-refractivity contribution in [1.82, 2.24) is 0 Å². The Labute approximate surface area is 175 Å². The predicted octanol–water partition coefficient (Wildman–Crippen LogP) is 4.31. The average Bonchev–Trinajstić information content (AvgIpc) is 2.77. The maximum absolute atomic E-state index is 13.1. The van der Waals surface area contributed by atoms with E-state index in [9.17, 15) is 13.2 Å². The molecule has 0 aliphatic carbocycles. The monoisotopic (exact) mass is 420 g/mol. The number of fused-ring (bicyclic) bond motifs is 3. The van der Waals surface area contributed by atoms with Gasteiger partial charge in [-0.25, -0.2) is 8.42 Å². The van der Waals surface area contributed by atoms with E-state index in [1.54, 1.807) is 60.7 Å². The van der Waals surface area contributed by atoms with E-state index >= 15 is 0 Å². The van der Waals surface area contributed by atoms with Crippen LogP contribution in [0.5, 0.6) is 5.75 Å². The molecule has 1 N–H and O–H groups in total. The quantitative estimate of drug-likeness (QED) is 0.624. The van der Waals surface area contributed by atoms with Crippen molar-refractivity contribution in [1.29, 1.82) is 0 Å². The molecule has 3 aromatic carbocycles. The summed E-state index contributed by atoms with van der Waals surface area (Å²) in [5.74, 6) is 0.237. The molecular weight excluding hydrogens is 400 g/mol. The SMILES string of the molecule is C=CCN1c2ccc(C(=O)Nc3ccccc3OC)cc2-c2ccccc2S1(=O)=O. The molecule has 30 heavy (non-hydrogen) atoms. The Balaban J connectivity index is 1.79. The van der Waals surface area contributed by atoms with Crippen LogP contribution < -0.4 is 14.4 Å². The number of para-hydroxylation sites is 2. The van der Waals surface area contributed by atoms with Crippen LogP contribution in [-0.2, 0) is 10.0 Å². The number of carbonyl (C=O) groups is 1. The van der Waals surface area contributed by atoms with Crippen LogP contribution in [0.1, 0.15) is 10.4 Å². The van der Waals surface area contributed by atoms with E-state index in [2.05, 4.69) is 11.9 Å². The van der Waals surface area contributed by atoms with Crippen LogP contribution in [0.25, 0.3) is 11.1 Å². The van der Waals surface area contributed by atoms with Crippen LogP contribution in [0.2, 0.25) is 0 Å². The van der Waals surface area contributed by atoms with Crippen LogP contribution >= 0.6 is 0 Å². The topological polar surface area (TPSA) is 75.7 Å². The Morgan fingerprint density at radius 1 is 1.07 bits per heavy atom. The number of amides is 1. The standard InChI is InChI=1S/C23H20N2O4S/c1-3-14-25-20-13-12-16(23(26)24-19-9-5-6-10-21(19)29-2)15-18(20)17-8-4-7-11-22(17)30(25,27)28/h3-13,15H,1,14H2,2H3,(H,24,26). The van der Waals surface area contributed by atoms with Gasteiger partial charge in [-0.15, -0.1) is 6.58 Å². The Morgan fingerprint density at radius 2 is 1.80 bits per heavy atom. The number of nitrogens with one attached hydrogen (secondary N) is 1.